The summed E-state index contributed by atoms with van der Waals surface area (Å²) in [4.78, 5) is 74.5. The number of aryl methyl sites for hydroxylation is 1. The molecule has 0 spiro atoms. The number of halogens is 3. The van der Waals surface area contributed by atoms with E-state index in [1.807, 2.05) is 17.9 Å². The number of alkyl halides is 3. The van der Waals surface area contributed by atoms with Crippen LogP contribution in [-0.2, 0) is 17.5 Å². The Bertz CT molecular complexity index is 2760. The molecule has 0 radical (unpaired) electrons. The van der Waals surface area contributed by atoms with E-state index < -0.39 is 41.4 Å². The molecule has 3 aromatic carbocycles. The Morgan fingerprint density at radius 3 is 2.39 bits per heavy atom. The van der Waals surface area contributed by atoms with Crippen molar-refractivity contribution in [1.29, 1.82) is 0 Å². The molecule has 6 heterocycles. The number of carbonyl (C=O) groups excluding carboxylic acids is 5. The van der Waals surface area contributed by atoms with Crippen molar-refractivity contribution in [3.63, 3.8) is 0 Å². The van der Waals surface area contributed by atoms with Crippen molar-refractivity contribution in [2.24, 2.45) is 5.92 Å². The molecule has 3 fully saturated rings. The average Bonchev–Trinajstić information content (AvgIpc) is 3.81. The Morgan fingerprint density at radius 1 is 0.859 bits per heavy atom. The van der Waals surface area contributed by atoms with Crippen LogP contribution in [-0.4, -0.2) is 116 Å². The van der Waals surface area contributed by atoms with Crippen LogP contribution in [0.5, 0.6) is 0 Å². The van der Waals surface area contributed by atoms with Gasteiger partial charge in [-0.25, -0.2) is 19.3 Å². The number of benzene rings is 3. The molecule has 2 N–H and O–H groups in total. The molecule has 5 aromatic rings. The van der Waals surface area contributed by atoms with Crippen molar-refractivity contribution in [1.82, 2.24) is 39.7 Å². The minimum atomic E-state index is -4.63. The van der Waals surface area contributed by atoms with Crippen molar-refractivity contribution < 1.29 is 37.1 Å². The Morgan fingerprint density at radius 2 is 1.62 bits per heavy atom. The van der Waals surface area contributed by atoms with E-state index in [2.05, 4.69) is 42.4 Å². The van der Waals surface area contributed by atoms with Crippen LogP contribution in [0.4, 0.5) is 29.3 Å². The lowest BCUT2D eigenvalue weighted by molar-refractivity contribution is -0.138. The number of aromatic nitrogens is 3. The van der Waals surface area contributed by atoms with Gasteiger partial charge >= 0.3 is 12.2 Å². The zero-order valence-electron chi connectivity index (χ0n) is 34.8. The number of hydrazine groups is 1. The number of amides is 6. The molecule has 4 aliphatic heterocycles. The minimum absolute atomic E-state index is 0.0164. The summed E-state index contributed by atoms with van der Waals surface area (Å²) < 4.78 is 45.0. The maximum Gasteiger partial charge on any atom is 0.416 e. The number of hydrogen-bond donors (Lipinski definition) is 2. The van der Waals surface area contributed by atoms with Crippen molar-refractivity contribution >= 4 is 46.7 Å². The minimum Gasteiger partial charge on any atom is -0.371 e. The third-order valence-corrected chi connectivity index (χ3v) is 12.3. The first-order valence-electron chi connectivity index (χ1n) is 21.1. The van der Waals surface area contributed by atoms with Gasteiger partial charge in [0.2, 0.25) is 5.91 Å². The maximum absolute atomic E-state index is 14.5. The van der Waals surface area contributed by atoms with Crippen LogP contribution in [0.25, 0.3) is 5.65 Å². The fourth-order valence-electron chi connectivity index (χ4n) is 8.69. The van der Waals surface area contributed by atoms with Gasteiger partial charge in [0.1, 0.15) is 5.69 Å². The molecule has 0 aliphatic carbocycles. The molecule has 3 saturated heterocycles. The number of imidazole rings is 1. The number of imide groups is 2. The molecule has 9 rings (SSSR count). The molecule has 0 atom stereocenters. The average molecular weight is 873 g/mol. The van der Waals surface area contributed by atoms with Crippen LogP contribution in [0, 0.1) is 24.7 Å². The van der Waals surface area contributed by atoms with E-state index in [1.165, 1.54) is 12.1 Å². The third-order valence-electron chi connectivity index (χ3n) is 12.3. The first-order chi connectivity index (χ1) is 30.8. The smallest absolute Gasteiger partial charge is 0.371 e. The third kappa shape index (κ3) is 8.64. The second-order valence-electron chi connectivity index (χ2n) is 16.4. The van der Waals surface area contributed by atoms with Crippen LogP contribution >= 0.6 is 0 Å². The highest BCUT2D eigenvalue weighted by molar-refractivity contribution is 6.22. The number of urea groups is 1. The first-order valence-corrected chi connectivity index (χ1v) is 21.1. The number of piperazine rings is 1. The summed E-state index contributed by atoms with van der Waals surface area (Å²) in [5.74, 6) is 4.29. The van der Waals surface area contributed by atoms with E-state index in [4.69, 9.17) is 0 Å². The summed E-state index contributed by atoms with van der Waals surface area (Å²) in [5.41, 5.74) is 3.49. The summed E-state index contributed by atoms with van der Waals surface area (Å²) in [6.45, 7) is 6.91. The van der Waals surface area contributed by atoms with Gasteiger partial charge in [0, 0.05) is 87.5 Å². The Labute approximate surface area is 365 Å². The van der Waals surface area contributed by atoms with Crippen LogP contribution < -0.4 is 15.5 Å². The molecule has 18 heteroatoms. The second-order valence-corrected chi connectivity index (χ2v) is 16.4. The number of carbonyl (C=O) groups is 5. The number of piperidine rings is 1. The number of rotatable bonds is 8. The molecule has 64 heavy (non-hydrogen) atoms. The topological polar surface area (TPSA) is 156 Å². The van der Waals surface area contributed by atoms with Crippen LogP contribution in [0.3, 0.4) is 0 Å². The van der Waals surface area contributed by atoms with Crippen LogP contribution in [0.1, 0.15) is 78.3 Å². The lowest BCUT2D eigenvalue weighted by Gasteiger charge is -2.39. The molecule has 6 amide bonds. The van der Waals surface area contributed by atoms with Gasteiger partial charge in [-0.2, -0.15) is 23.3 Å². The Kier molecular flexibility index (Phi) is 11.4. The van der Waals surface area contributed by atoms with Gasteiger partial charge in [0.05, 0.1) is 29.4 Å². The Balaban J connectivity index is 0.767. The van der Waals surface area contributed by atoms with Gasteiger partial charge in [-0.05, 0) is 97.3 Å². The molecular weight excluding hydrogens is 830 g/mol. The summed E-state index contributed by atoms with van der Waals surface area (Å²) in [6, 6.07) is 16.8. The molecule has 0 bridgehead atoms. The Hall–Kier alpha value is -7.10. The molecule has 15 nitrogen and oxygen atoms in total. The lowest BCUT2D eigenvalue weighted by Crippen LogP contribution is -2.58. The predicted molar refractivity (Wildman–Crippen MR) is 228 cm³/mol. The quantitative estimate of drug-likeness (QED) is 0.157. The van der Waals surface area contributed by atoms with E-state index in [0.717, 1.165) is 72.9 Å². The van der Waals surface area contributed by atoms with Crippen LogP contribution in [0.15, 0.2) is 79.1 Å². The predicted octanol–water partition coefficient (Wildman–Crippen LogP) is 5.20. The largest absolute Gasteiger partial charge is 0.416 e. The zero-order chi connectivity index (χ0) is 44.7. The standard InChI is InChI=1S/C46H43F3N10O5/c1-29-4-5-32(23-31(29)7-9-36-26-50-40-3-2-15-51-58(36)40)42(61)52-34-8-6-33(39(24-34)46(47,48)49)28-55-21-19-54(20-22-55)27-30-12-16-56(17-13-30)35-10-11-37-38(25-35)44(63)59(43(37)62)57-18-14-41(60)53-45(57)64/h2-6,8,10-11,15,23-26,30H,12-14,16-22,27-28H2,1H3,(H,52,61)(H,53,60,64). The van der Waals surface area contributed by atoms with E-state index in [0.29, 0.717) is 35.9 Å². The van der Waals surface area contributed by atoms with Crippen molar-refractivity contribution in [2.75, 3.05) is 62.6 Å². The maximum atomic E-state index is 14.5. The highest BCUT2D eigenvalue weighted by Crippen LogP contribution is 2.35. The van der Waals surface area contributed by atoms with E-state index in [1.54, 1.807) is 59.4 Å². The van der Waals surface area contributed by atoms with Gasteiger partial charge in [0.25, 0.3) is 17.7 Å². The highest BCUT2D eigenvalue weighted by Gasteiger charge is 2.43. The van der Waals surface area contributed by atoms with E-state index in [9.17, 15) is 37.1 Å². The van der Waals surface area contributed by atoms with E-state index in [-0.39, 0.29) is 47.5 Å². The normalized spacial score (nSPS) is 17.7. The van der Waals surface area contributed by atoms with Gasteiger partial charge in [-0.15, -0.1) is 0 Å². The molecule has 328 valence electrons. The monoisotopic (exact) mass is 872 g/mol. The van der Waals surface area contributed by atoms with Gasteiger partial charge in [0.15, 0.2) is 5.65 Å². The fourth-order valence-corrected chi connectivity index (χ4v) is 8.69. The number of fused-ring (bicyclic) bond motifs is 2. The van der Waals surface area contributed by atoms with E-state index >= 15 is 0 Å². The van der Waals surface area contributed by atoms with Crippen molar-refractivity contribution in [3.8, 4) is 11.8 Å². The molecular formula is C46H43F3N10O5. The fraction of sp³-hybridized carbons (Fsp3) is 0.326. The summed E-state index contributed by atoms with van der Waals surface area (Å²) in [6.07, 6.45) is 0.387. The van der Waals surface area contributed by atoms with Gasteiger partial charge < -0.3 is 15.1 Å². The van der Waals surface area contributed by atoms with Crippen molar-refractivity contribution in [3.05, 3.63) is 124 Å². The number of nitrogens with one attached hydrogen (secondary N) is 2. The molecule has 2 aromatic heterocycles. The number of anilines is 2. The zero-order valence-corrected chi connectivity index (χ0v) is 34.8. The summed E-state index contributed by atoms with van der Waals surface area (Å²) >= 11 is 0. The first kappa shape index (κ1) is 42.2. The molecule has 0 saturated carbocycles. The molecule has 4 aliphatic rings. The lowest BCUT2D eigenvalue weighted by atomic mass is 9.95. The van der Waals surface area contributed by atoms with Gasteiger partial charge in [-0.1, -0.05) is 18.1 Å². The second kappa shape index (κ2) is 17.2. The number of hydrogen-bond acceptors (Lipinski definition) is 10. The van der Waals surface area contributed by atoms with Gasteiger partial charge in [-0.3, -0.25) is 29.4 Å². The van der Waals surface area contributed by atoms with Crippen molar-refractivity contribution in [2.45, 2.75) is 38.9 Å². The van der Waals surface area contributed by atoms with Crippen LogP contribution in [0.2, 0.25) is 0 Å². The SMILES string of the molecule is Cc1ccc(C(=O)Nc2ccc(CN3CCN(CC4CCN(c5ccc6c(c5)C(=O)N(N5CCC(=O)NC5=O)C6=O)CC4)CC3)c(C(F)(F)F)c2)cc1C#Cc1cnc2cccnn12. The summed E-state index contributed by atoms with van der Waals surface area (Å²) in [7, 11) is 0. The number of nitrogens with zero attached hydrogens (tertiary/aromatic N) is 8. The molecule has 0 unspecified atom stereocenters. The highest BCUT2D eigenvalue weighted by atomic mass is 19.4. The summed E-state index contributed by atoms with van der Waals surface area (Å²) in [5, 5.41) is 10.8.